The summed E-state index contributed by atoms with van der Waals surface area (Å²) in [5.74, 6) is -3.30. The van der Waals surface area contributed by atoms with Crippen LogP contribution in [0.5, 0.6) is 5.75 Å². The first-order chi connectivity index (χ1) is 17.5. The van der Waals surface area contributed by atoms with Crippen LogP contribution in [0, 0.1) is 0 Å². The van der Waals surface area contributed by atoms with Gasteiger partial charge in [0.1, 0.15) is 0 Å². The number of halogens is 2. The number of nitrogens with zero attached hydrogens (tertiary/aromatic N) is 8. The van der Waals surface area contributed by atoms with Gasteiger partial charge in [-0.15, -0.1) is 10.2 Å². The number of alkyl halides is 2. The van der Waals surface area contributed by atoms with E-state index in [1.165, 1.54) is 30.6 Å². The van der Waals surface area contributed by atoms with Crippen molar-refractivity contribution < 1.29 is 18.3 Å². The summed E-state index contributed by atoms with van der Waals surface area (Å²) in [6, 6.07) is 9.11. The van der Waals surface area contributed by atoms with E-state index in [-0.39, 0.29) is 11.2 Å². The Morgan fingerprint density at radius 3 is 2.56 bits per heavy atom. The van der Waals surface area contributed by atoms with Gasteiger partial charge in [0.25, 0.3) is 0 Å². The highest BCUT2D eigenvalue weighted by molar-refractivity contribution is 5.59. The number of aromatic nitrogens is 8. The molecule has 0 aliphatic rings. The highest BCUT2D eigenvalue weighted by Crippen LogP contribution is 2.36. The molecule has 0 saturated carbocycles. The maximum Gasteiger partial charge on any atom is 0.333 e. The SMILES string of the molecule is COCCCOc1cnc(-c2cccc(C(F)(F)c3nnc4ccc(-c5cnn(C)c5)nn34)c2)nc1. The molecule has 0 bridgehead atoms. The van der Waals surface area contributed by atoms with Gasteiger partial charge in [0, 0.05) is 50.1 Å². The number of hydrogen-bond acceptors (Lipinski definition) is 8. The van der Waals surface area contributed by atoms with Gasteiger partial charge in [-0.2, -0.15) is 23.5 Å². The molecule has 1 aromatic carbocycles. The summed E-state index contributed by atoms with van der Waals surface area (Å²) in [6.45, 7) is 1.04. The molecule has 0 fully saturated rings. The van der Waals surface area contributed by atoms with Gasteiger partial charge in [-0.05, 0) is 18.2 Å². The van der Waals surface area contributed by atoms with Gasteiger partial charge in [-0.1, -0.05) is 18.2 Å². The normalized spacial score (nSPS) is 11.8. The summed E-state index contributed by atoms with van der Waals surface area (Å²) < 4.78 is 44.6. The van der Waals surface area contributed by atoms with Crippen molar-refractivity contribution in [2.24, 2.45) is 7.05 Å². The lowest BCUT2D eigenvalue weighted by Gasteiger charge is -2.15. The Morgan fingerprint density at radius 1 is 0.972 bits per heavy atom. The summed E-state index contributed by atoms with van der Waals surface area (Å²) in [6.07, 6.45) is 7.10. The molecular formula is C24H22F2N8O2. The van der Waals surface area contributed by atoms with Gasteiger partial charge in [0.15, 0.2) is 17.2 Å². The fourth-order valence-corrected chi connectivity index (χ4v) is 3.61. The van der Waals surface area contributed by atoms with E-state index in [2.05, 4.69) is 30.4 Å². The van der Waals surface area contributed by atoms with E-state index in [4.69, 9.17) is 9.47 Å². The predicted molar refractivity (Wildman–Crippen MR) is 125 cm³/mol. The van der Waals surface area contributed by atoms with Crippen molar-refractivity contribution in [3.05, 3.63) is 72.6 Å². The van der Waals surface area contributed by atoms with Crippen molar-refractivity contribution in [2.45, 2.75) is 12.3 Å². The van der Waals surface area contributed by atoms with Gasteiger partial charge in [-0.25, -0.2) is 9.97 Å². The van der Waals surface area contributed by atoms with Crippen LogP contribution in [0.15, 0.2) is 61.2 Å². The van der Waals surface area contributed by atoms with Gasteiger partial charge >= 0.3 is 5.92 Å². The molecule has 10 nitrogen and oxygen atoms in total. The summed E-state index contributed by atoms with van der Waals surface area (Å²) in [4.78, 5) is 8.53. The zero-order valence-corrected chi connectivity index (χ0v) is 19.5. The summed E-state index contributed by atoms with van der Waals surface area (Å²) in [5.41, 5.74) is 1.51. The third-order valence-electron chi connectivity index (χ3n) is 5.42. The first-order valence-electron chi connectivity index (χ1n) is 11.1. The van der Waals surface area contributed by atoms with Gasteiger partial charge < -0.3 is 9.47 Å². The van der Waals surface area contributed by atoms with Crippen LogP contribution in [0.4, 0.5) is 8.78 Å². The molecule has 0 aliphatic carbocycles. The third kappa shape index (κ3) is 4.62. The molecular weight excluding hydrogens is 470 g/mol. The zero-order chi connectivity index (χ0) is 25.1. The largest absolute Gasteiger partial charge is 0.490 e. The summed E-state index contributed by atoms with van der Waals surface area (Å²) in [5, 5.41) is 16.1. The van der Waals surface area contributed by atoms with Crippen molar-refractivity contribution in [2.75, 3.05) is 20.3 Å². The molecule has 5 rings (SSSR count). The minimum Gasteiger partial charge on any atom is -0.490 e. The Bertz CT molecular complexity index is 1480. The van der Waals surface area contributed by atoms with Crippen LogP contribution in [0.2, 0.25) is 0 Å². The summed E-state index contributed by atoms with van der Waals surface area (Å²) >= 11 is 0. The van der Waals surface area contributed by atoms with Crippen LogP contribution in [0.25, 0.3) is 28.3 Å². The monoisotopic (exact) mass is 492 g/mol. The second kappa shape index (κ2) is 9.74. The molecule has 0 spiro atoms. The van der Waals surface area contributed by atoms with E-state index in [9.17, 15) is 0 Å². The van der Waals surface area contributed by atoms with E-state index in [1.54, 1.807) is 49.4 Å². The molecule has 184 valence electrons. The fourth-order valence-electron chi connectivity index (χ4n) is 3.61. The topological polar surface area (TPSA) is 105 Å². The zero-order valence-electron chi connectivity index (χ0n) is 19.5. The lowest BCUT2D eigenvalue weighted by Crippen LogP contribution is -2.20. The Morgan fingerprint density at radius 2 is 1.81 bits per heavy atom. The van der Waals surface area contributed by atoms with Crippen LogP contribution in [-0.4, -0.2) is 59.9 Å². The number of methoxy groups -OCH3 is 1. The fraction of sp³-hybridized carbons (Fsp3) is 0.250. The molecule has 4 aromatic heterocycles. The predicted octanol–water partition coefficient (Wildman–Crippen LogP) is 3.54. The number of rotatable bonds is 9. The first-order valence-corrected chi connectivity index (χ1v) is 11.1. The first kappa shape index (κ1) is 23.4. The maximum atomic E-state index is 15.7. The second-order valence-corrected chi connectivity index (χ2v) is 8.01. The number of aryl methyl sites for hydroxylation is 1. The lowest BCUT2D eigenvalue weighted by molar-refractivity contribution is 0.0307. The average Bonchev–Trinajstić information content (AvgIpc) is 3.53. The molecule has 0 amide bonds. The Labute approximate surface area is 204 Å². The van der Waals surface area contributed by atoms with Crippen molar-refractivity contribution in [3.63, 3.8) is 0 Å². The van der Waals surface area contributed by atoms with Crippen LogP contribution < -0.4 is 4.74 Å². The van der Waals surface area contributed by atoms with Crippen LogP contribution in [0.1, 0.15) is 17.8 Å². The number of hydrogen-bond donors (Lipinski definition) is 0. The van der Waals surface area contributed by atoms with E-state index in [0.717, 1.165) is 10.9 Å². The second-order valence-electron chi connectivity index (χ2n) is 8.01. The van der Waals surface area contributed by atoms with E-state index < -0.39 is 11.7 Å². The molecule has 5 aromatic rings. The summed E-state index contributed by atoms with van der Waals surface area (Å²) in [7, 11) is 3.39. The lowest BCUT2D eigenvalue weighted by atomic mass is 10.0. The molecule has 0 aliphatic heterocycles. The third-order valence-corrected chi connectivity index (χ3v) is 5.42. The number of ether oxygens (including phenoxy) is 2. The molecule has 0 unspecified atom stereocenters. The molecule has 12 heteroatoms. The average molecular weight is 492 g/mol. The van der Waals surface area contributed by atoms with Crippen LogP contribution in [0.3, 0.4) is 0 Å². The van der Waals surface area contributed by atoms with E-state index in [0.29, 0.717) is 41.6 Å². The van der Waals surface area contributed by atoms with Crippen LogP contribution in [-0.2, 0) is 17.7 Å². The molecule has 0 radical (unpaired) electrons. The van der Waals surface area contributed by atoms with E-state index in [1.807, 2.05) is 0 Å². The Kier molecular flexibility index (Phi) is 6.34. The smallest absolute Gasteiger partial charge is 0.333 e. The van der Waals surface area contributed by atoms with Crippen LogP contribution >= 0.6 is 0 Å². The standard InChI is InChI=1S/C24H22F2N8O2/c1-33-15-17(12-29-33)20-7-8-21-30-31-23(34(21)32-20)24(25,26)18-6-3-5-16(11-18)22-27-13-19(14-28-22)36-10-4-9-35-2/h3,5-8,11-15H,4,9-10H2,1-2H3. The minimum atomic E-state index is -3.49. The minimum absolute atomic E-state index is 0.206. The van der Waals surface area contributed by atoms with Crippen molar-refractivity contribution >= 4 is 5.65 Å². The van der Waals surface area contributed by atoms with Gasteiger partial charge in [-0.3, -0.25) is 4.68 Å². The molecule has 0 N–H and O–H groups in total. The van der Waals surface area contributed by atoms with Gasteiger partial charge in [0.2, 0.25) is 5.82 Å². The highest BCUT2D eigenvalue weighted by atomic mass is 19.3. The number of fused-ring (bicyclic) bond motifs is 1. The van der Waals surface area contributed by atoms with E-state index >= 15 is 8.78 Å². The number of benzene rings is 1. The quantitative estimate of drug-likeness (QED) is 0.288. The highest BCUT2D eigenvalue weighted by Gasteiger charge is 2.40. The maximum absolute atomic E-state index is 15.7. The van der Waals surface area contributed by atoms with Crippen molar-refractivity contribution in [1.82, 2.24) is 39.6 Å². The van der Waals surface area contributed by atoms with Gasteiger partial charge in [0.05, 0.1) is 30.9 Å². The molecule has 0 atom stereocenters. The molecule has 0 saturated heterocycles. The molecule has 36 heavy (non-hydrogen) atoms. The van der Waals surface area contributed by atoms with Crippen molar-refractivity contribution in [3.8, 4) is 28.4 Å². The Hall–Kier alpha value is -4.32. The Balaban J connectivity index is 1.43. The van der Waals surface area contributed by atoms with Crippen molar-refractivity contribution in [1.29, 1.82) is 0 Å². The molecule has 4 heterocycles.